The molecule has 0 aromatic carbocycles. The summed E-state index contributed by atoms with van der Waals surface area (Å²) in [5, 5.41) is 6.68. The SMILES string of the molecule is COCC1=CCN(S(=O)(=O)c2c(C)n[nH]c2C)CC1. The highest BCUT2D eigenvalue weighted by Crippen LogP contribution is 2.24. The molecule has 0 bridgehead atoms. The number of aryl methyl sites for hydroxylation is 2. The minimum atomic E-state index is -3.46. The monoisotopic (exact) mass is 285 g/mol. The lowest BCUT2D eigenvalue weighted by molar-refractivity contribution is 0.219. The van der Waals surface area contributed by atoms with E-state index >= 15 is 0 Å². The normalized spacial score (nSPS) is 17.5. The molecule has 0 spiro atoms. The lowest BCUT2D eigenvalue weighted by atomic mass is 10.1. The van der Waals surface area contributed by atoms with E-state index in [1.807, 2.05) is 6.08 Å². The Labute approximate surface area is 113 Å². The Bertz CT molecular complexity index is 570. The summed E-state index contributed by atoms with van der Waals surface area (Å²) in [5.74, 6) is 0. The van der Waals surface area contributed by atoms with Gasteiger partial charge in [-0.3, -0.25) is 5.10 Å². The highest BCUT2D eigenvalue weighted by molar-refractivity contribution is 7.89. The maximum atomic E-state index is 12.6. The van der Waals surface area contributed by atoms with Crippen LogP contribution in [-0.4, -0.2) is 49.7 Å². The van der Waals surface area contributed by atoms with E-state index in [4.69, 9.17) is 4.74 Å². The number of ether oxygens (including phenoxy) is 1. The molecule has 0 radical (unpaired) electrons. The molecule has 7 heteroatoms. The predicted molar refractivity (Wildman–Crippen MR) is 71.4 cm³/mol. The second-order valence-corrected chi connectivity index (χ2v) is 6.55. The maximum Gasteiger partial charge on any atom is 0.247 e. The van der Waals surface area contributed by atoms with Crippen molar-refractivity contribution in [3.05, 3.63) is 23.0 Å². The molecule has 2 rings (SSSR count). The fourth-order valence-corrected chi connectivity index (χ4v) is 3.99. The van der Waals surface area contributed by atoms with Crippen molar-refractivity contribution in [1.82, 2.24) is 14.5 Å². The molecular formula is C12H19N3O3S. The van der Waals surface area contributed by atoms with Crippen LogP contribution in [0.1, 0.15) is 17.8 Å². The van der Waals surface area contributed by atoms with Crippen molar-refractivity contribution >= 4 is 10.0 Å². The van der Waals surface area contributed by atoms with Crippen LogP contribution in [0.5, 0.6) is 0 Å². The Morgan fingerprint density at radius 2 is 2.21 bits per heavy atom. The number of H-pyrrole nitrogens is 1. The smallest absolute Gasteiger partial charge is 0.247 e. The predicted octanol–water partition coefficient (Wildman–Crippen LogP) is 0.994. The van der Waals surface area contributed by atoms with E-state index in [2.05, 4.69) is 10.2 Å². The standard InChI is InChI=1S/C12H19N3O3S/c1-9-12(10(2)14-13-9)19(16,17)15-6-4-11(5-7-15)8-18-3/h4H,5-8H2,1-3H3,(H,13,14). The minimum Gasteiger partial charge on any atom is -0.380 e. The van der Waals surface area contributed by atoms with Crippen molar-refractivity contribution in [2.24, 2.45) is 0 Å². The number of rotatable bonds is 4. The quantitative estimate of drug-likeness (QED) is 0.837. The fraction of sp³-hybridized carbons (Fsp3) is 0.583. The third kappa shape index (κ3) is 2.72. The molecule has 1 aromatic heterocycles. The van der Waals surface area contributed by atoms with Crippen molar-refractivity contribution in [1.29, 1.82) is 0 Å². The Morgan fingerprint density at radius 3 is 2.68 bits per heavy atom. The maximum absolute atomic E-state index is 12.6. The van der Waals surface area contributed by atoms with Gasteiger partial charge in [-0.05, 0) is 25.8 Å². The number of methoxy groups -OCH3 is 1. The third-order valence-electron chi connectivity index (χ3n) is 3.25. The largest absolute Gasteiger partial charge is 0.380 e. The van der Waals surface area contributed by atoms with Crippen LogP contribution in [0.4, 0.5) is 0 Å². The van der Waals surface area contributed by atoms with Crippen molar-refractivity contribution in [3.63, 3.8) is 0 Å². The molecule has 6 nitrogen and oxygen atoms in total. The Balaban J connectivity index is 2.24. The molecule has 0 unspecified atom stereocenters. The zero-order valence-electron chi connectivity index (χ0n) is 11.4. The molecule has 1 aromatic rings. The van der Waals surface area contributed by atoms with E-state index in [0.717, 1.165) is 5.57 Å². The van der Waals surface area contributed by atoms with Gasteiger partial charge in [0.15, 0.2) is 0 Å². The molecule has 2 heterocycles. The summed E-state index contributed by atoms with van der Waals surface area (Å²) in [7, 11) is -1.82. The van der Waals surface area contributed by atoms with E-state index in [0.29, 0.717) is 42.4 Å². The van der Waals surface area contributed by atoms with Gasteiger partial charge in [0.25, 0.3) is 0 Å². The number of nitrogens with one attached hydrogen (secondary N) is 1. The second-order valence-electron chi connectivity index (χ2n) is 4.67. The van der Waals surface area contributed by atoms with E-state index in [-0.39, 0.29) is 0 Å². The van der Waals surface area contributed by atoms with Crippen LogP contribution < -0.4 is 0 Å². The summed E-state index contributed by atoms with van der Waals surface area (Å²) in [5.41, 5.74) is 2.25. The van der Waals surface area contributed by atoms with Crippen LogP contribution in [0.25, 0.3) is 0 Å². The van der Waals surface area contributed by atoms with Gasteiger partial charge in [0.05, 0.1) is 18.0 Å². The molecular weight excluding hydrogens is 266 g/mol. The number of aromatic nitrogens is 2. The van der Waals surface area contributed by atoms with Crippen molar-refractivity contribution in [2.75, 3.05) is 26.8 Å². The van der Waals surface area contributed by atoms with Gasteiger partial charge in [-0.2, -0.15) is 9.40 Å². The zero-order chi connectivity index (χ0) is 14.0. The summed E-state index contributed by atoms with van der Waals surface area (Å²) < 4.78 is 31.7. The number of hydrogen-bond acceptors (Lipinski definition) is 4. The van der Waals surface area contributed by atoms with E-state index in [1.54, 1.807) is 21.0 Å². The summed E-state index contributed by atoms with van der Waals surface area (Å²) in [6, 6.07) is 0. The average Bonchev–Trinajstić information content (AvgIpc) is 2.70. The highest BCUT2D eigenvalue weighted by Gasteiger charge is 2.30. The molecule has 1 aliphatic heterocycles. The van der Waals surface area contributed by atoms with Gasteiger partial charge in [0, 0.05) is 20.2 Å². The fourth-order valence-electron chi connectivity index (χ4n) is 2.28. The minimum absolute atomic E-state index is 0.302. The van der Waals surface area contributed by atoms with E-state index in [1.165, 1.54) is 4.31 Å². The van der Waals surface area contributed by atoms with E-state index in [9.17, 15) is 8.42 Å². The van der Waals surface area contributed by atoms with Gasteiger partial charge in [0.1, 0.15) is 4.90 Å². The Kier molecular flexibility index (Phi) is 4.07. The number of nitrogens with zero attached hydrogens (tertiary/aromatic N) is 2. The second kappa shape index (κ2) is 5.44. The van der Waals surface area contributed by atoms with Crippen molar-refractivity contribution in [2.45, 2.75) is 25.2 Å². The molecule has 0 saturated carbocycles. The third-order valence-corrected chi connectivity index (χ3v) is 5.38. The van der Waals surface area contributed by atoms with Gasteiger partial charge in [-0.15, -0.1) is 0 Å². The number of sulfonamides is 1. The van der Waals surface area contributed by atoms with Gasteiger partial charge in [0.2, 0.25) is 10.0 Å². The molecule has 0 amide bonds. The van der Waals surface area contributed by atoms with Crippen LogP contribution in [0.3, 0.4) is 0 Å². The molecule has 1 N–H and O–H groups in total. The lowest BCUT2D eigenvalue weighted by Crippen LogP contribution is -2.35. The van der Waals surface area contributed by atoms with Gasteiger partial charge < -0.3 is 4.74 Å². The van der Waals surface area contributed by atoms with Crippen LogP contribution in [-0.2, 0) is 14.8 Å². The van der Waals surface area contributed by atoms with Crippen molar-refractivity contribution in [3.8, 4) is 0 Å². The van der Waals surface area contributed by atoms with Gasteiger partial charge in [-0.1, -0.05) is 6.08 Å². The zero-order valence-corrected chi connectivity index (χ0v) is 12.2. The summed E-state index contributed by atoms with van der Waals surface area (Å²) >= 11 is 0. The first-order chi connectivity index (χ1) is 8.96. The molecule has 1 aliphatic rings. The van der Waals surface area contributed by atoms with E-state index < -0.39 is 10.0 Å². The topological polar surface area (TPSA) is 75.3 Å². The Morgan fingerprint density at radius 1 is 1.47 bits per heavy atom. The molecule has 19 heavy (non-hydrogen) atoms. The molecule has 0 aliphatic carbocycles. The van der Waals surface area contributed by atoms with Crippen LogP contribution >= 0.6 is 0 Å². The summed E-state index contributed by atoms with van der Waals surface area (Å²) in [6.07, 6.45) is 2.64. The van der Waals surface area contributed by atoms with Gasteiger partial charge >= 0.3 is 0 Å². The molecule has 0 saturated heterocycles. The first-order valence-corrected chi connectivity index (χ1v) is 7.59. The summed E-state index contributed by atoms with van der Waals surface area (Å²) in [4.78, 5) is 0.302. The number of aromatic amines is 1. The van der Waals surface area contributed by atoms with Gasteiger partial charge in [-0.25, -0.2) is 8.42 Å². The number of hydrogen-bond donors (Lipinski definition) is 1. The van der Waals surface area contributed by atoms with Crippen LogP contribution in [0.2, 0.25) is 0 Å². The van der Waals surface area contributed by atoms with Crippen LogP contribution in [0, 0.1) is 13.8 Å². The lowest BCUT2D eigenvalue weighted by Gasteiger charge is -2.25. The van der Waals surface area contributed by atoms with Crippen molar-refractivity contribution < 1.29 is 13.2 Å². The first kappa shape index (κ1) is 14.2. The molecule has 106 valence electrons. The van der Waals surface area contributed by atoms with Crippen LogP contribution in [0.15, 0.2) is 16.5 Å². The first-order valence-electron chi connectivity index (χ1n) is 6.15. The average molecular weight is 285 g/mol. The molecule has 0 fully saturated rings. The Hall–Kier alpha value is -1.18. The highest BCUT2D eigenvalue weighted by atomic mass is 32.2. The summed E-state index contributed by atoms with van der Waals surface area (Å²) in [6.45, 7) is 4.87. The molecule has 0 atom stereocenters.